The molecular formula is C18H16N2O7. The van der Waals surface area contributed by atoms with E-state index in [2.05, 4.69) is 5.32 Å². The molecule has 27 heavy (non-hydrogen) atoms. The van der Waals surface area contributed by atoms with Gasteiger partial charge in [0.05, 0.1) is 42.9 Å². The Kier molecular flexibility index (Phi) is 6.21. The molecule has 140 valence electrons. The maximum Gasteiger partial charge on any atom is 0.292 e. The van der Waals surface area contributed by atoms with Gasteiger partial charge in [-0.2, -0.15) is 0 Å². The second kappa shape index (κ2) is 8.56. The van der Waals surface area contributed by atoms with Crippen molar-refractivity contribution in [2.24, 2.45) is 0 Å². The van der Waals surface area contributed by atoms with Gasteiger partial charge in [0.2, 0.25) is 5.78 Å². The monoisotopic (exact) mass is 372 g/mol. The van der Waals surface area contributed by atoms with Crippen LogP contribution in [0, 0.1) is 10.1 Å². The van der Waals surface area contributed by atoms with Gasteiger partial charge >= 0.3 is 0 Å². The van der Waals surface area contributed by atoms with Crippen LogP contribution in [-0.4, -0.2) is 36.6 Å². The number of benzene rings is 2. The van der Waals surface area contributed by atoms with Crippen molar-refractivity contribution in [2.75, 3.05) is 19.5 Å². The molecule has 2 aromatic rings. The lowest BCUT2D eigenvalue weighted by molar-refractivity contribution is -0.384. The molecule has 0 unspecified atom stereocenters. The highest BCUT2D eigenvalue weighted by atomic mass is 16.6. The first kappa shape index (κ1) is 19.6. The molecule has 2 aromatic carbocycles. The molecule has 0 aliphatic heterocycles. The smallest absolute Gasteiger partial charge is 0.292 e. The molecule has 0 spiro atoms. The Hall–Kier alpha value is -3.75. The van der Waals surface area contributed by atoms with Crippen molar-refractivity contribution in [3.63, 3.8) is 0 Å². The molecule has 1 amide bonds. The van der Waals surface area contributed by atoms with Crippen LogP contribution in [0.15, 0.2) is 42.5 Å². The highest BCUT2D eigenvalue weighted by Gasteiger charge is 2.22. The van der Waals surface area contributed by atoms with E-state index in [0.717, 1.165) is 12.1 Å². The van der Waals surface area contributed by atoms with Crippen LogP contribution < -0.4 is 14.8 Å². The second-order valence-corrected chi connectivity index (χ2v) is 5.32. The van der Waals surface area contributed by atoms with Gasteiger partial charge in [0.25, 0.3) is 11.6 Å². The SMILES string of the molecule is COc1cc([N+](=O)[O-])ccc1NC(=O)C(=O)CC(=O)c1ccccc1OC. The first-order chi connectivity index (χ1) is 12.9. The van der Waals surface area contributed by atoms with Crippen LogP contribution in [-0.2, 0) is 9.59 Å². The quantitative estimate of drug-likeness (QED) is 0.248. The zero-order chi connectivity index (χ0) is 20.0. The molecule has 2 rings (SSSR count). The summed E-state index contributed by atoms with van der Waals surface area (Å²) in [4.78, 5) is 46.6. The summed E-state index contributed by atoms with van der Waals surface area (Å²) in [6.45, 7) is 0. The number of ether oxygens (including phenoxy) is 2. The van der Waals surface area contributed by atoms with Crippen LogP contribution in [0.1, 0.15) is 16.8 Å². The minimum Gasteiger partial charge on any atom is -0.496 e. The van der Waals surface area contributed by atoms with Crippen molar-refractivity contribution in [1.29, 1.82) is 0 Å². The average Bonchev–Trinajstić information content (AvgIpc) is 2.67. The summed E-state index contributed by atoms with van der Waals surface area (Å²) < 4.78 is 10.0. The first-order valence-corrected chi connectivity index (χ1v) is 7.70. The van der Waals surface area contributed by atoms with Gasteiger partial charge in [0, 0.05) is 6.07 Å². The molecule has 0 heterocycles. The fourth-order valence-corrected chi connectivity index (χ4v) is 2.29. The van der Waals surface area contributed by atoms with Gasteiger partial charge in [-0.25, -0.2) is 0 Å². The summed E-state index contributed by atoms with van der Waals surface area (Å²) in [6.07, 6.45) is -0.651. The van der Waals surface area contributed by atoms with Crippen LogP contribution in [0.25, 0.3) is 0 Å². The predicted octanol–water partition coefficient (Wildman–Crippen LogP) is 2.39. The highest BCUT2D eigenvalue weighted by molar-refractivity contribution is 6.44. The molecule has 9 nitrogen and oxygen atoms in total. The third-order valence-corrected chi connectivity index (χ3v) is 3.63. The summed E-state index contributed by atoms with van der Waals surface area (Å²) in [6, 6.07) is 9.85. The van der Waals surface area contributed by atoms with Gasteiger partial charge in [-0.15, -0.1) is 0 Å². The Morgan fingerprint density at radius 3 is 2.33 bits per heavy atom. The van der Waals surface area contributed by atoms with E-state index in [0.29, 0.717) is 5.75 Å². The number of nitrogens with one attached hydrogen (secondary N) is 1. The number of Topliss-reactive ketones (excluding diaryl/α,β-unsaturated/α-hetero) is 2. The largest absolute Gasteiger partial charge is 0.496 e. The van der Waals surface area contributed by atoms with Crippen LogP contribution in [0.4, 0.5) is 11.4 Å². The third-order valence-electron chi connectivity index (χ3n) is 3.63. The summed E-state index contributed by atoms with van der Waals surface area (Å²) in [5.41, 5.74) is 0.0304. The van der Waals surface area contributed by atoms with Crippen molar-refractivity contribution in [3.8, 4) is 11.5 Å². The zero-order valence-electron chi connectivity index (χ0n) is 14.6. The molecule has 0 fully saturated rings. The minimum absolute atomic E-state index is 0.0152. The number of nitro groups is 1. The molecule has 0 radical (unpaired) electrons. The van der Waals surface area contributed by atoms with Gasteiger partial charge in [-0.1, -0.05) is 12.1 Å². The molecule has 9 heteroatoms. The minimum atomic E-state index is -1.04. The Morgan fingerprint density at radius 2 is 1.70 bits per heavy atom. The van der Waals surface area contributed by atoms with Crippen molar-refractivity contribution >= 4 is 28.8 Å². The van der Waals surface area contributed by atoms with E-state index in [9.17, 15) is 24.5 Å². The zero-order valence-corrected chi connectivity index (χ0v) is 14.6. The van der Waals surface area contributed by atoms with E-state index in [-0.39, 0.29) is 22.7 Å². The highest BCUT2D eigenvalue weighted by Crippen LogP contribution is 2.29. The van der Waals surface area contributed by atoms with Gasteiger partial charge in [0.15, 0.2) is 5.78 Å². The van der Waals surface area contributed by atoms with Crippen LogP contribution in [0.3, 0.4) is 0 Å². The number of methoxy groups -OCH3 is 2. The average molecular weight is 372 g/mol. The van der Waals surface area contributed by atoms with E-state index >= 15 is 0 Å². The van der Waals surface area contributed by atoms with Gasteiger partial charge in [0.1, 0.15) is 11.5 Å². The molecular weight excluding hydrogens is 356 g/mol. The Morgan fingerprint density at radius 1 is 1.04 bits per heavy atom. The maximum atomic E-state index is 12.3. The fraction of sp³-hybridized carbons (Fsp3) is 0.167. The van der Waals surface area contributed by atoms with E-state index < -0.39 is 28.8 Å². The number of rotatable bonds is 8. The van der Waals surface area contributed by atoms with E-state index in [1.807, 2.05) is 0 Å². The number of anilines is 1. The normalized spacial score (nSPS) is 10.0. The molecule has 0 aliphatic rings. The van der Waals surface area contributed by atoms with Gasteiger partial charge < -0.3 is 14.8 Å². The number of amides is 1. The summed E-state index contributed by atoms with van der Waals surface area (Å²) in [7, 11) is 2.66. The molecule has 0 saturated heterocycles. The van der Waals surface area contributed by atoms with Crippen molar-refractivity contribution < 1.29 is 28.8 Å². The fourth-order valence-electron chi connectivity index (χ4n) is 2.29. The number of nitrogens with zero attached hydrogens (tertiary/aromatic N) is 1. The molecule has 0 saturated carbocycles. The van der Waals surface area contributed by atoms with E-state index in [1.54, 1.807) is 18.2 Å². The molecule has 1 N–H and O–H groups in total. The topological polar surface area (TPSA) is 125 Å². The lowest BCUT2D eigenvalue weighted by Crippen LogP contribution is -2.25. The van der Waals surface area contributed by atoms with Crippen molar-refractivity contribution in [1.82, 2.24) is 0 Å². The second-order valence-electron chi connectivity index (χ2n) is 5.32. The van der Waals surface area contributed by atoms with Crippen molar-refractivity contribution in [3.05, 3.63) is 58.1 Å². The standard InChI is InChI=1S/C18H16N2O7/c1-26-16-6-4-3-5-12(16)14(21)10-15(22)18(23)19-13-8-7-11(20(24)25)9-17(13)27-2/h3-9H,10H2,1-2H3,(H,19,23). The first-order valence-electron chi connectivity index (χ1n) is 7.70. The number of para-hydroxylation sites is 1. The molecule has 0 aliphatic carbocycles. The lowest BCUT2D eigenvalue weighted by Gasteiger charge is -2.10. The maximum absolute atomic E-state index is 12.3. The summed E-state index contributed by atoms with van der Waals surface area (Å²) in [5, 5.41) is 13.1. The van der Waals surface area contributed by atoms with Crippen molar-refractivity contribution in [2.45, 2.75) is 6.42 Å². The van der Waals surface area contributed by atoms with Gasteiger partial charge in [-0.3, -0.25) is 24.5 Å². The number of carbonyl (C=O) groups is 3. The van der Waals surface area contributed by atoms with E-state index in [1.165, 1.54) is 26.4 Å². The van der Waals surface area contributed by atoms with Crippen LogP contribution in [0.5, 0.6) is 11.5 Å². The molecule has 0 aromatic heterocycles. The molecule has 0 bridgehead atoms. The van der Waals surface area contributed by atoms with Crippen LogP contribution >= 0.6 is 0 Å². The Labute approximate surface area is 154 Å². The van der Waals surface area contributed by atoms with Crippen LogP contribution in [0.2, 0.25) is 0 Å². The number of carbonyl (C=O) groups excluding carboxylic acids is 3. The number of ketones is 2. The van der Waals surface area contributed by atoms with E-state index in [4.69, 9.17) is 9.47 Å². The Balaban J connectivity index is 2.11. The Bertz CT molecular complexity index is 908. The lowest BCUT2D eigenvalue weighted by atomic mass is 10.0. The number of non-ortho nitro benzene ring substituents is 1. The third kappa shape index (κ3) is 4.66. The molecule has 0 atom stereocenters. The number of hydrogen-bond acceptors (Lipinski definition) is 7. The number of hydrogen-bond donors (Lipinski definition) is 1. The summed E-state index contributed by atoms with van der Waals surface area (Å²) >= 11 is 0. The summed E-state index contributed by atoms with van der Waals surface area (Å²) in [5.74, 6) is -2.26. The van der Waals surface area contributed by atoms with Gasteiger partial charge in [-0.05, 0) is 18.2 Å². The predicted molar refractivity (Wildman–Crippen MR) is 95.2 cm³/mol. The number of nitro benzene ring substituents is 1.